The number of hydrogen-bond donors (Lipinski definition) is 2. The summed E-state index contributed by atoms with van der Waals surface area (Å²) in [5.74, 6) is 2.07. The summed E-state index contributed by atoms with van der Waals surface area (Å²) in [7, 11) is 0. The third kappa shape index (κ3) is 3.51. The van der Waals surface area contributed by atoms with E-state index in [1.165, 1.54) is 0 Å². The lowest BCUT2D eigenvalue weighted by Gasteiger charge is -2.16. The van der Waals surface area contributed by atoms with Crippen molar-refractivity contribution < 1.29 is 14.3 Å². The highest BCUT2D eigenvalue weighted by molar-refractivity contribution is 5.92. The summed E-state index contributed by atoms with van der Waals surface area (Å²) >= 11 is 0. The molecule has 2 N–H and O–H groups in total. The number of carbonyl (C=O) groups is 2. The molecule has 0 bridgehead atoms. The number of amides is 2. The van der Waals surface area contributed by atoms with Gasteiger partial charge in [-0.25, -0.2) is 4.79 Å². The molecule has 0 spiro atoms. The highest BCUT2D eigenvalue weighted by Gasteiger charge is 2.51. The monoisotopic (exact) mass is 272 g/mol. The number of nitrogens with one attached hydrogen (secondary N) is 2. The quantitative estimate of drug-likeness (QED) is 0.791. The van der Waals surface area contributed by atoms with Crippen LogP contribution in [0.4, 0.5) is 4.79 Å². The van der Waals surface area contributed by atoms with Crippen LogP contribution >= 0.6 is 0 Å². The lowest BCUT2D eigenvalue weighted by Crippen LogP contribution is -2.49. The number of ether oxygens (including phenoxy) is 1. The molecule has 5 nitrogen and oxygen atoms in total. The maximum Gasteiger partial charge on any atom is 0.408 e. The fourth-order valence-corrected chi connectivity index (χ4v) is 1.79. The lowest BCUT2D eigenvalue weighted by molar-refractivity contribution is -0.123. The van der Waals surface area contributed by atoms with Crippen LogP contribution in [0.2, 0.25) is 0 Å². The molecule has 5 heteroatoms. The number of rotatable bonds is 5. The second kappa shape index (κ2) is 6.11. The van der Waals surface area contributed by atoms with Gasteiger partial charge in [0, 0.05) is 0 Å². The molecule has 1 aromatic rings. The Labute approximate surface area is 117 Å². The first-order valence-electron chi connectivity index (χ1n) is 6.37. The molecular formula is C15H16N2O3. The minimum absolute atomic E-state index is 0.154. The number of terminal acetylenes is 1. The van der Waals surface area contributed by atoms with E-state index in [4.69, 9.17) is 11.2 Å². The Kier molecular flexibility index (Phi) is 4.26. The van der Waals surface area contributed by atoms with Crippen molar-refractivity contribution in [2.75, 3.05) is 6.54 Å². The summed E-state index contributed by atoms with van der Waals surface area (Å²) in [5, 5.41) is 5.17. The van der Waals surface area contributed by atoms with Crippen molar-refractivity contribution in [3.05, 3.63) is 35.9 Å². The smallest absolute Gasteiger partial charge is 0.408 e. The van der Waals surface area contributed by atoms with E-state index in [2.05, 4.69) is 16.6 Å². The first-order valence-corrected chi connectivity index (χ1v) is 6.37. The minimum atomic E-state index is -0.843. The Morgan fingerprint density at radius 1 is 1.30 bits per heavy atom. The zero-order chi connectivity index (χ0) is 14.4. The van der Waals surface area contributed by atoms with Gasteiger partial charge in [-0.3, -0.25) is 4.79 Å². The zero-order valence-electron chi connectivity index (χ0n) is 11.0. The maximum atomic E-state index is 11.8. The van der Waals surface area contributed by atoms with E-state index in [-0.39, 0.29) is 19.1 Å². The van der Waals surface area contributed by atoms with Crippen LogP contribution in [0.3, 0.4) is 0 Å². The van der Waals surface area contributed by atoms with Crippen LogP contribution in [0.25, 0.3) is 0 Å². The van der Waals surface area contributed by atoms with Crippen LogP contribution in [-0.4, -0.2) is 24.1 Å². The van der Waals surface area contributed by atoms with Crippen LogP contribution in [0.5, 0.6) is 0 Å². The van der Waals surface area contributed by atoms with Crippen molar-refractivity contribution in [3.63, 3.8) is 0 Å². The van der Waals surface area contributed by atoms with Crippen molar-refractivity contribution in [2.45, 2.75) is 25.0 Å². The fourth-order valence-electron chi connectivity index (χ4n) is 1.79. The van der Waals surface area contributed by atoms with Crippen molar-refractivity contribution in [3.8, 4) is 12.3 Å². The molecule has 2 amide bonds. The Balaban J connectivity index is 1.80. The van der Waals surface area contributed by atoms with E-state index >= 15 is 0 Å². The lowest BCUT2D eigenvalue weighted by atomic mass is 10.2. The zero-order valence-corrected chi connectivity index (χ0v) is 11.0. The predicted molar refractivity (Wildman–Crippen MR) is 73.6 cm³/mol. The van der Waals surface area contributed by atoms with Crippen LogP contribution in [0.15, 0.2) is 30.3 Å². The average Bonchev–Trinajstić information content (AvgIpc) is 3.24. The summed E-state index contributed by atoms with van der Waals surface area (Å²) in [6, 6.07) is 9.34. The molecule has 1 fully saturated rings. The van der Waals surface area contributed by atoms with Crippen LogP contribution in [-0.2, 0) is 16.1 Å². The van der Waals surface area contributed by atoms with Crippen molar-refractivity contribution in [1.29, 1.82) is 0 Å². The molecule has 2 rings (SSSR count). The van der Waals surface area contributed by atoms with Crippen LogP contribution in [0.1, 0.15) is 18.4 Å². The number of hydrogen-bond acceptors (Lipinski definition) is 3. The Bertz CT molecular complexity index is 530. The summed E-state index contributed by atoms with van der Waals surface area (Å²) in [6.45, 7) is 0.329. The van der Waals surface area contributed by atoms with Gasteiger partial charge >= 0.3 is 6.09 Å². The van der Waals surface area contributed by atoms with Gasteiger partial charge in [0.25, 0.3) is 0 Å². The van der Waals surface area contributed by atoms with Crippen molar-refractivity contribution in [1.82, 2.24) is 10.6 Å². The van der Waals surface area contributed by atoms with Crippen LogP contribution in [0, 0.1) is 12.3 Å². The molecule has 0 radical (unpaired) electrons. The first-order chi connectivity index (χ1) is 9.66. The van der Waals surface area contributed by atoms with Crippen molar-refractivity contribution in [2.24, 2.45) is 0 Å². The van der Waals surface area contributed by atoms with Gasteiger partial charge in [0.05, 0.1) is 6.54 Å². The second-order valence-corrected chi connectivity index (χ2v) is 4.66. The summed E-state index contributed by atoms with van der Waals surface area (Å²) in [5.41, 5.74) is 0.0502. The molecular weight excluding hydrogens is 256 g/mol. The highest BCUT2D eigenvalue weighted by Crippen LogP contribution is 2.35. The minimum Gasteiger partial charge on any atom is -0.445 e. The summed E-state index contributed by atoms with van der Waals surface area (Å²) < 4.78 is 5.09. The summed E-state index contributed by atoms with van der Waals surface area (Å²) in [6.07, 6.45) is 5.68. The molecule has 0 atom stereocenters. The van der Waals surface area contributed by atoms with Gasteiger partial charge in [0.1, 0.15) is 12.1 Å². The van der Waals surface area contributed by atoms with Gasteiger partial charge < -0.3 is 15.4 Å². The molecule has 20 heavy (non-hydrogen) atoms. The molecule has 0 aromatic heterocycles. The SMILES string of the molecule is C#CCNC(=O)C1(NC(=O)OCc2ccccc2)CC1. The molecule has 0 heterocycles. The molecule has 0 saturated heterocycles. The van der Waals surface area contributed by atoms with E-state index in [9.17, 15) is 9.59 Å². The second-order valence-electron chi connectivity index (χ2n) is 4.66. The first kappa shape index (κ1) is 13.9. The molecule has 1 aliphatic rings. The Morgan fingerprint density at radius 2 is 2.00 bits per heavy atom. The number of carbonyl (C=O) groups excluding carboxylic acids is 2. The third-order valence-electron chi connectivity index (χ3n) is 3.09. The van der Waals surface area contributed by atoms with Gasteiger partial charge in [0.15, 0.2) is 0 Å². The standard InChI is InChI=1S/C15H16N2O3/c1-2-10-16-13(18)15(8-9-15)17-14(19)20-11-12-6-4-3-5-7-12/h1,3-7H,8-11H2,(H,16,18)(H,17,19). The number of benzene rings is 1. The van der Waals surface area contributed by atoms with Gasteiger partial charge in [-0.2, -0.15) is 0 Å². The van der Waals surface area contributed by atoms with Crippen molar-refractivity contribution >= 4 is 12.0 Å². The third-order valence-corrected chi connectivity index (χ3v) is 3.09. The molecule has 1 saturated carbocycles. The van der Waals surface area contributed by atoms with Gasteiger partial charge in [-0.15, -0.1) is 6.42 Å². The van der Waals surface area contributed by atoms with Gasteiger partial charge in [-0.05, 0) is 18.4 Å². The van der Waals surface area contributed by atoms with E-state index in [1.807, 2.05) is 30.3 Å². The van der Waals surface area contributed by atoms with E-state index < -0.39 is 11.6 Å². The Hall–Kier alpha value is -2.48. The molecule has 0 unspecified atom stereocenters. The molecule has 104 valence electrons. The molecule has 0 aliphatic heterocycles. The molecule has 1 aliphatic carbocycles. The van der Waals surface area contributed by atoms with Gasteiger partial charge in [0.2, 0.25) is 5.91 Å². The Morgan fingerprint density at radius 3 is 2.60 bits per heavy atom. The molecule has 1 aromatic carbocycles. The maximum absolute atomic E-state index is 11.8. The van der Waals surface area contributed by atoms with E-state index in [0.29, 0.717) is 12.8 Å². The summed E-state index contributed by atoms with van der Waals surface area (Å²) in [4.78, 5) is 23.5. The van der Waals surface area contributed by atoms with E-state index in [0.717, 1.165) is 5.56 Å². The normalized spacial score (nSPS) is 14.8. The average molecular weight is 272 g/mol. The predicted octanol–water partition coefficient (Wildman–Crippen LogP) is 1.19. The fraction of sp³-hybridized carbons (Fsp3) is 0.333. The van der Waals surface area contributed by atoms with Gasteiger partial charge in [-0.1, -0.05) is 36.3 Å². The van der Waals surface area contributed by atoms with E-state index in [1.54, 1.807) is 0 Å². The largest absolute Gasteiger partial charge is 0.445 e. The topological polar surface area (TPSA) is 67.4 Å². The van der Waals surface area contributed by atoms with Crippen LogP contribution < -0.4 is 10.6 Å². The highest BCUT2D eigenvalue weighted by atomic mass is 16.5. The number of alkyl carbamates (subject to hydrolysis) is 1.